The molecule has 1 heterocycles. The van der Waals surface area contributed by atoms with E-state index in [1.54, 1.807) is 11.3 Å². The van der Waals surface area contributed by atoms with E-state index in [-0.39, 0.29) is 4.75 Å². The molecular weight excluding hydrogens is 316 g/mol. The van der Waals surface area contributed by atoms with Gasteiger partial charge >= 0.3 is 0 Å². The lowest BCUT2D eigenvalue weighted by atomic mass is 10.3. The maximum Gasteiger partial charge on any atom is 0.191 e. The summed E-state index contributed by atoms with van der Waals surface area (Å²) in [4.78, 5) is 8.93. The Morgan fingerprint density at radius 1 is 1.41 bits per heavy atom. The first-order chi connectivity index (χ1) is 10.3. The van der Waals surface area contributed by atoms with E-state index in [0.717, 1.165) is 36.2 Å². The summed E-state index contributed by atoms with van der Waals surface area (Å²) in [6.45, 7) is 12.2. The van der Waals surface area contributed by atoms with Gasteiger partial charge in [0.25, 0.3) is 0 Å². The highest BCUT2D eigenvalue weighted by Gasteiger charge is 2.18. The highest BCUT2D eigenvalue weighted by atomic mass is 32.2. The molecule has 5 nitrogen and oxygen atoms in total. The first kappa shape index (κ1) is 19.1. The summed E-state index contributed by atoms with van der Waals surface area (Å²) in [6.07, 6.45) is 0.878. The molecule has 0 spiro atoms. The smallest absolute Gasteiger partial charge is 0.191 e. The lowest BCUT2D eigenvalue weighted by Gasteiger charge is -2.17. The molecule has 0 aromatic carbocycles. The Balaban J connectivity index is 2.40. The number of aliphatic imine (C=N–C) groups is 1. The summed E-state index contributed by atoms with van der Waals surface area (Å²) in [5.74, 6) is 1.37. The topological polar surface area (TPSA) is 66.4 Å². The van der Waals surface area contributed by atoms with E-state index in [2.05, 4.69) is 26.0 Å². The van der Waals surface area contributed by atoms with Crippen molar-refractivity contribution in [3.05, 3.63) is 16.1 Å². The van der Waals surface area contributed by atoms with Crippen LogP contribution in [0.2, 0.25) is 0 Å². The second-order valence-electron chi connectivity index (χ2n) is 5.96. The molecule has 1 aromatic heterocycles. The van der Waals surface area contributed by atoms with Crippen molar-refractivity contribution < 1.29 is 4.21 Å². The van der Waals surface area contributed by atoms with Crippen molar-refractivity contribution in [2.24, 2.45) is 4.99 Å². The van der Waals surface area contributed by atoms with Gasteiger partial charge in [-0.05, 0) is 34.6 Å². The van der Waals surface area contributed by atoms with Gasteiger partial charge in [0.1, 0.15) is 0 Å². The molecule has 0 bridgehead atoms. The summed E-state index contributed by atoms with van der Waals surface area (Å²) in [5, 5.41) is 9.69. The lowest BCUT2D eigenvalue weighted by molar-refractivity contribution is 0.648. The maximum atomic E-state index is 12.0. The number of aromatic nitrogens is 1. The molecule has 0 saturated heterocycles. The Morgan fingerprint density at radius 3 is 2.68 bits per heavy atom. The van der Waals surface area contributed by atoms with Crippen molar-refractivity contribution in [3.8, 4) is 0 Å². The van der Waals surface area contributed by atoms with E-state index >= 15 is 0 Å². The minimum Gasteiger partial charge on any atom is -0.357 e. The Bertz CT molecular complexity index is 506. The van der Waals surface area contributed by atoms with Crippen molar-refractivity contribution in [1.82, 2.24) is 15.6 Å². The van der Waals surface area contributed by atoms with Crippen LogP contribution in [0, 0.1) is 6.92 Å². The molecule has 1 rings (SSSR count). The van der Waals surface area contributed by atoms with Gasteiger partial charge in [-0.1, -0.05) is 0 Å². The molecule has 1 atom stereocenters. The van der Waals surface area contributed by atoms with E-state index < -0.39 is 10.8 Å². The monoisotopic (exact) mass is 344 g/mol. The van der Waals surface area contributed by atoms with Crippen LogP contribution in [-0.4, -0.2) is 45.3 Å². The minimum absolute atomic E-state index is 0.177. The van der Waals surface area contributed by atoms with Gasteiger partial charge in [-0.25, -0.2) is 4.98 Å². The third-order valence-electron chi connectivity index (χ3n) is 2.91. The van der Waals surface area contributed by atoms with Crippen molar-refractivity contribution in [3.63, 3.8) is 0 Å². The van der Waals surface area contributed by atoms with Crippen molar-refractivity contribution >= 4 is 28.1 Å². The maximum absolute atomic E-state index is 12.0. The molecule has 22 heavy (non-hydrogen) atoms. The fraction of sp³-hybridized carbons (Fsp3) is 0.733. The number of thiazole rings is 1. The molecule has 0 aliphatic heterocycles. The Labute approximate surface area is 140 Å². The largest absolute Gasteiger partial charge is 0.357 e. The molecule has 0 amide bonds. The van der Waals surface area contributed by atoms with Crippen LogP contribution in [0.25, 0.3) is 0 Å². The van der Waals surface area contributed by atoms with E-state index in [1.165, 1.54) is 0 Å². The fourth-order valence-electron chi connectivity index (χ4n) is 1.72. The van der Waals surface area contributed by atoms with E-state index in [1.807, 2.05) is 34.6 Å². The standard InChI is InChI=1S/C15H28N4OS2/c1-6-16-14(18-9-10-22(20)15(3,4)5)17-8-7-13-11-21-12(2)19-13/h11H,6-10H2,1-5H3,(H2,16,17,18). The zero-order valence-electron chi connectivity index (χ0n) is 14.2. The molecule has 0 aliphatic rings. The highest BCUT2D eigenvalue weighted by molar-refractivity contribution is 7.86. The predicted octanol–water partition coefficient (Wildman–Crippen LogP) is 2.10. The number of nitrogens with zero attached hydrogens (tertiary/aromatic N) is 2. The van der Waals surface area contributed by atoms with Crippen LogP contribution in [0.3, 0.4) is 0 Å². The quantitative estimate of drug-likeness (QED) is 0.587. The average Bonchev–Trinajstić information content (AvgIpc) is 2.83. The van der Waals surface area contributed by atoms with Crippen LogP contribution in [-0.2, 0) is 17.2 Å². The highest BCUT2D eigenvalue weighted by Crippen LogP contribution is 2.10. The van der Waals surface area contributed by atoms with Crippen LogP contribution >= 0.6 is 11.3 Å². The second-order valence-corrected chi connectivity index (χ2v) is 9.34. The number of rotatable bonds is 7. The molecule has 126 valence electrons. The molecule has 2 N–H and O–H groups in total. The lowest BCUT2D eigenvalue weighted by Crippen LogP contribution is -2.38. The third kappa shape index (κ3) is 7.35. The molecule has 0 saturated carbocycles. The van der Waals surface area contributed by atoms with Gasteiger partial charge in [-0.2, -0.15) is 0 Å². The molecule has 1 unspecified atom stereocenters. The van der Waals surface area contributed by atoms with E-state index in [9.17, 15) is 4.21 Å². The summed E-state index contributed by atoms with van der Waals surface area (Å²) in [6, 6.07) is 0. The van der Waals surface area contributed by atoms with Gasteiger partial charge in [-0.15, -0.1) is 11.3 Å². The molecule has 0 radical (unpaired) electrons. The van der Waals surface area contributed by atoms with Crippen LogP contribution in [0.15, 0.2) is 10.4 Å². The average molecular weight is 345 g/mol. The summed E-state index contributed by atoms with van der Waals surface area (Å²) in [5.41, 5.74) is 1.11. The van der Waals surface area contributed by atoms with Gasteiger partial charge in [0.15, 0.2) is 5.96 Å². The van der Waals surface area contributed by atoms with Crippen LogP contribution in [0.5, 0.6) is 0 Å². The van der Waals surface area contributed by atoms with E-state index in [0.29, 0.717) is 12.3 Å². The van der Waals surface area contributed by atoms with Gasteiger partial charge in [0.2, 0.25) is 0 Å². The van der Waals surface area contributed by atoms with Crippen LogP contribution < -0.4 is 10.6 Å². The van der Waals surface area contributed by atoms with Gasteiger partial charge in [0, 0.05) is 46.2 Å². The van der Waals surface area contributed by atoms with Gasteiger partial charge in [0.05, 0.1) is 17.2 Å². The van der Waals surface area contributed by atoms with E-state index in [4.69, 9.17) is 0 Å². The molecule has 0 fully saturated rings. The first-order valence-corrected chi connectivity index (χ1v) is 9.84. The Kier molecular flexibility index (Phi) is 8.03. The number of nitrogens with one attached hydrogen (secondary N) is 2. The number of aryl methyl sites for hydroxylation is 1. The zero-order valence-corrected chi connectivity index (χ0v) is 15.9. The number of hydrogen-bond donors (Lipinski definition) is 2. The fourth-order valence-corrected chi connectivity index (χ4v) is 3.24. The van der Waals surface area contributed by atoms with Crippen molar-refractivity contribution in [1.29, 1.82) is 0 Å². The summed E-state index contributed by atoms with van der Waals surface area (Å²) >= 11 is 1.67. The van der Waals surface area contributed by atoms with Crippen LogP contribution in [0.1, 0.15) is 38.4 Å². The summed E-state index contributed by atoms with van der Waals surface area (Å²) in [7, 11) is -0.862. The van der Waals surface area contributed by atoms with Crippen molar-refractivity contribution in [2.45, 2.75) is 45.8 Å². The number of hydrogen-bond acceptors (Lipinski definition) is 4. The minimum atomic E-state index is -0.862. The van der Waals surface area contributed by atoms with Crippen LogP contribution in [0.4, 0.5) is 0 Å². The zero-order chi connectivity index (χ0) is 16.6. The predicted molar refractivity (Wildman–Crippen MR) is 97.3 cm³/mol. The Hall–Kier alpha value is -0.950. The molecule has 7 heteroatoms. The summed E-state index contributed by atoms with van der Waals surface area (Å²) < 4.78 is 11.8. The number of guanidine groups is 1. The first-order valence-electron chi connectivity index (χ1n) is 7.64. The third-order valence-corrected chi connectivity index (χ3v) is 5.66. The van der Waals surface area contributed by atoms with Gasteiger partial charge < -0.3 is 10.6 Å². The molecular formula is C15H28N4OS2. The molecule has 0 aliphatic carbocycles. The van der Waals surface area contributed by atoms with Gasteiger partial charge in [-0.3, -0.25) is 9.20 Å². The molecule has 1 aromatic rings. The Morgan fingerprint density at radius 2 is 2.14 bits per heavy atom. The normalized spacial score (nSPS) is 14.0. The second kappa shape index (κ2) is 9.25. The van der Waals surface area contributed by atoms with Crippen molar-refractivity contribution in [2.75, 3.05) is 25.4 Å². The SMILES string of the molecule is CCNC(=NCCS(=O)C(C)(C)C)NCCc1csc(C)n1.